The number of phosphoric acid groups is 1. The number of ether oxygens (including phenoxy) is 1. The highest BCUT2D eigenvalue weighted by Crippen LogP contribution is 2.41. The van der Waals surface area contributed by atoms with Gasteiger partial charge >= 0.3 is 7.82 Å². The van der Waals surface area contributed by atoms with Crippen LogP contribution in [-0.4, -0.2) is 24.5 Å². The quantitative estimate of drug-likeness (QED) is 0.338. The van der Waals surface area contributed by atoms with Gasteiger partial charge < -0.3 is 9.63 Å². The van der Waals surface area contributed by atoms with Crippen molar-refractivity contribution in [3.63, 3.8) is 0 Å². The number of hydrogen-bond donors (Lipinski definition) is 2. The molecule has 0 radical (unpaired) electrons. The number of carbonyl (C=O) groups excluding carboxylic acids is 1. The van der Waals surface area contributed by atoms with Gasteiger partial charge in [0.2, 0.25) is 5.91 Å². The Morgan fingerprint density at radius 2 is 2.08 bits per heavy atom. The fourth-order valence-corrected chi connectivity index (χ4v) is 2.60. The number of hydroxylamine groups is 1. The highest BCUT2D eigenvalue weighted by Gasteiger charge is 2.22. The summed E-state index contributed by atoms with van der Waals surface area (Å²) in [5.74, 6) is 0.267. The van der Waals surface area contributed by atoms with E-state index in [-0.39, 0.29) is 13.0 Å². The molecule has 0 aliphatic rings. The molecule has 0 spiro atoms. The number of carbonyl (C=O) groups is 1. The Kier molecular flexibility index (Phi) is 9.64. The molecule has 0 fully saturated rings. The zero-order valence-corrected chi connectivity index (χ0v) is 15.1. The third-order valence-corrected chi connectivity index (χ3v) is 4.14. The SMILES string of the molecule is CCCCCCC(=O)NOP(=O)(O)OCCc1cccc(OC)c1. The number of phosphoric ester groups is 1. The lowest BCUT2D eigenvalue weighted by Gasteiger charge is -2.12. The van der Waals surface area contributed by atoms with E-state index in [4.69, 9.17) is 9.26 Å². The summed E-state index contributed by atoms with van der Waals surface area (Å²) in [4.78, 5) is 21.0. The Balaban J connectivity index is 2.25. The molecule has 0 heterocycles. The molecule has 1 aromatic rings. The standard InChI is InChI=1S/C16H26NO6P/c1-3-4-5-6-10-16(18)17-23-24(19,20)22-12-11-14-8-7-9-15(13-14)21-2/h7-9,13H,3-6,10-12H2,1-2H3,(H,17,18)(H,19,20). The van der Waals surface area contributed by atoms with E-state index in [1.807, 2.05) is 23.7 Å². The molecular formula is C16H26NO6P. The molecule has 1 aromatic carbocycles. The van der Waals surface area contributed by atoms with Crippen molar-refractivity contribution in [2.24, 2.45) is 0 Å². The van der Waals surface area contributed by atoms with Crippen molar-refractivity contribution in [2.75, 3.05) is 13.7 Å². The maximum Gasteiger partial charge on any atom is 0.493 e. The number of benzene rings is 1. The maximum absolute atomic E-state index is 11.7. The van der Waals surface area contributed by atoms with E-state index >= 15 is 0 Å². The van der Waals surface area contributed by atoms with Crippen molar-refractivity contribution >= 4 is 13.7 Å². The van der Waals surface area contributed by atoms with Crippen LogP contribution < -0.4 is 10.2 Å². The first-order chi connectivity index (χ1) is 11.5. The van der Waals surface area contributed by atoms with Crippen molar-refractivity contribution in [3.05, 3.63) is 29.8 Å². The third kappa shape index (κ3) is 9.03. The summed E-state index contributed by atoms with van der Waals surface area (Å²) in [6.45, 7) is 2.06. The van der Waals surface area contributed by atoms with Crippen molar-refractivity contribution in [1.82, 2.24) is 5.48 Å². The summed E-state index contributed by atoms with van der Waals surface area (Å²) in [7, 11) is -2.74. The molecule has 1 unspecified atom stereocenters. The smallest absolute Gasteiger partial charge is 0.493 e. The molecule has 1 amide bonds. The molecule has 0 saturated heterocycles. The van der Waals surface area contributed by atoms with Gasteiger partial charge in [0.1, 0.15) is 5.75 Å². The summed E-state index contributed by atoms with van der Waals surface area (Å²) in [6.07, 6.45) is 4.46. The summed E-state index contributed by atoms with van der Waals surface area (Å²) in [6, 6.07) is 7.29. The number of amides is 1. The minimum absolute atomic E-state index is 0.0205. The minimum atomic E-state index is -4.31. The summed E-state index contributed by atoms with van der Waals surface area (Å²) >= 11 is 0. The van der Waals surface area contributed by atoms with Crippen molar-refractivity contribution in [2.45, 2.75) is 45.4 Å². The lowest BCUT2D eigenvalue weighted by Crippen LogP contribution is -2.22. The van der Waals surface area contributed by atoms with Crippen molar-refractivity contribution in [1.29, 1.82) is 0 Å². The van der Waals surface area contributed by atoms with Crippen LogP contribution in [0.25, 0.3) is 0 Å². The van der Waals surface area contributed by atoms with Gasteiger partial charge in [0.25, 0.3) is 0 Å². The van der Waals surface area contributed by atoms with Crippen LogP contribution in [0.1, 0.15) is 44.6 Å². The molecule has 0 aliphatic carbocycles. The Morgan fingerprint density at radius 3 is 2.79 bits per heavy atom. The lowest BCUT2D eigenvalue weighted by atomic mass is 10.1. The molecule has 0 aromatic heterocycles. The summed E-state index contributed by atoms with van der Waals surface area (Å²) < 4.78 is 26.1. The van der Waals surface area contributed by atoms with Crippen LogP contribution in [0.4, 0.5) is 0 Å². The normalized spacial score (nSPS) is 13.3. The van der Waals surface area contributed by atoms with Crippen molar-refractivity contribution < 1.29 is 28.1 Å². The lowest BCUT2D eigenvalue weighted by molar-refractivity contribution is -0.128. The first-order valence-corrected chi connectivity index (χ1v) is 9.54. The Labute approximate surface area is 142 Å². The van der Waals surface area contributed by atoms with E-state index in [0.717, 1.165) is 31.2 Å². The summed E-state index contributed by atoms with van der Waals surface area (Å²) in [5.41, 5.74) is 2.87. The van der Waals surface area contributed by atoms with E-state index < -0.39 is 13.7 Å². The van der Waals surface area contributed by atoms with Gasteiger partial charge in [-0.25, -0.2) is 10.0 Å². The molecule has 24 heavy (non-hydrogen) atoms. The second kappa shape index (κ2) is 11.2. The van der Waals surface area contributed by atoms with E-state index in [2.05, 4.69) is 11.5 Å². The van der Waals surface area contributed by atoms with Gasteiger partial charge in [0.05, 0.1) is 13.7 Å². The number of nitrogens with one attached hydrogen (secondary N) is 1. The fourth-order valence-electron chi connectivity index (χ4n) is 2.01. The Bertz CT molecular complexity index is 551. The van der Waals surface area contributed by atoms with Crippen LogP contribution in [0.3, 0.4) is 0 Å². The third-order valence-electron chi connectivity index (χ3n) is 3.31. The van der Waals surface area contributed by atoms with Crippen LogP contribution >= 0.6 is 7.82 Å². The Morgan fingerprint density at radius 1 is 1.29 bits per heavy atom. The van der Waals surface area contributed by atoms with E-state index in [1.165, 1.54) is 0 Å². The number of hydrogen-bond acceptors (Lipinski definition) is 5. The average Bonchev–Trinajstić information content (AvgIpc) is 2.57. The minimum Gasteiger partial charge on any atom is -0.497 e. The van der Waals surface area contributed by atoms with Crippen LogP contribution in [0.5, 0.6) is 5.75 Å². The highest BCUT2D eigenvalue weighted by atomic mass is 31.2. The molecule has 0 bridgehead atoms. The predicted molar refractivity (Wildman–Crippen MR) is 90.5 cm³/mol. The molecule has 8 heteroatoms. The predicted octanol–water partition coefficient (Wildman–Crippen LogP) is 3.37. The van der Waals surface area contributed by atoms with Gasteiger partial charge in [-0.3, -0.25) is 9.32 Å². The van der Waals surface area contributed by atoms with Gasteiger partial charge in [0, 0.05) is 6.42 Å². The topological polar surface area (TPSA) is 94.1 Å². The molecule has 2 N–H and O–H groups in total. The van der Waals surface area contributed by atoms with E-state index in [9.17, 15) is 14.3 Å². The number of unbranched alkanes of at least 4 members (excludes halogenated alkanes) is 3. The number of methoxy groups -OCH3 is 1. The first kappa shape index (κ1) is 20.6. The van der Waals surface area contributed by atoms with Crippen molar-refractivity contribution in [3.8, 4) is 5.75 Å². The van der Waals surface area contributed by atoms with Gasteiger partial charge in [-0.1, -0.05) is 38.3 Å². The van der Waals surface area contributed by atoms with Gasteiger partial charge in [-0.15, -0.1) is 0 Å². The molecule has 0 aliphatic heterocycles. The second-order valence-electron chi connectivity index (χ2n) is 5.33. The Hall–Kier alpha value is -1.40. The van der Waals surface area contributed by atoms with Crippen LogP contribution in [-0.2, 0) is 24.9 Å². The van der Waals surface area contributed by atoms with Gasteiger partial charge in [-0.2, -0.15) is 4.62 Å². The van der Waals surface area contributed by atoms with Crippen LogP contribution in [0.2, 0.25) is 0 Å². The van der Waals surface area contributed by atoms with Crippen LogP contribution in [0.15, 0.2) is 24.3 Å². The fraction of sp³-hybridized carbons (Fsp3) is 0.562. The van der Waals surface area contributed by atoms with Gasteiger partial charge in [-0.05, 0) is 30.5 Å². The molecule has 1 rings (SSSR count). The zero-order chi connectivity index (χ0) is 17.8. The molecule has 7 nitrogen and oxygen atoms in total. The molecule has 136 valence electrons. The van der Waals surface area contributed by atoms with E-state index in [0.29, 0.717) is 12.2 Å². The van der Waals surface area contributed by atoms with Crippen LogP contribution in [0, 0.1) is 0 Å². The highest BCUT2D eigenvalue weighted by molar-refractivity contribution is 7.47. The largest absolute Gasteiger partial charge is 0.497 e. The van der Waals surface area contributed by atoms with Gasteiger partial charge in [0.15, 0.2) is 0 Å². The monoisotopic (exact) mass is 359 g/mol. The first-order valence-electron chi connectivity index (χ1n) is 8.04. The number of rotatable bonds is 12. The molecule has 0 saturated carbocycles. The zero-order valence-electron chi connectivity index (χ0n) is 14.2. The summed E-state index contributed by atoms with van der Waals surface area (Å²) in [5, 5.41) is 0. The molecule has 1 atom stereocenters. The average molecular weight is 359 g/mol. The van der Waals surface area contributed by atoms with E-state index in [1.54, 1.807) is 13.2 Å². The molecular weight excluding hydrogens is 333 g/mol. The second-order valence-corrected chi connectivity index (χ2v) is 6.71. The maximum atomic E-state index is 11.7.